The van der Waals surface area contributed by atoms with Gasteiger partial charge < -0.3 is 14.2 Å². The largest absolute Gasteiger partial charge is 0.478 e. The molecule has 0 aliphatic carbocycles. The first-order chi connectivity index (χ1) is 15.4. The molecule has 0 atom stereocenters. The molecule has 0 aliphatic heterocycles. The van der Waals surface area contributed by atoms with Gasteiger partial charge in [-0.2, -0.15) is 0 Å². The van der Waals surface area contributed by atoms with Crippen LogP contribution in [0.4, 0.5) is 5.82 Å². The topological polar surface area (TPSA) is 71.2 Å². The van der Waals surface area contributed by atoms with E-state index in [0.717, 1.165) is 17.1 Å². The number of nitrogens with zero attached hydrogens (tertiary/aromatic N) is 4. The molecule has 1 N–H and O–H groups in total. The van der Waals surface area contributed by atoms with Crippen LogP contribution in [0.5, 0.6) is 0 Å². The molecule has 0 saturated heterocycles. The normalized spacial score (nSPS) is 12.5. The SMILES string of the molecule is CC(C)N(C)c1nc2cc(C(=O)O)ccc2nc1-c1ccn([Si](C(C)C)(C(C)C)C(C)C)c1. The molecule has 3 rings (SSSR count). The summed E-state index contributed by atoms with van der Waals surface area (Å²) in [5.74, 6) is -0.195. The maximum atomic E-state index is 11.5. The van der Waals surface area contributed by atoms with Gasteiger partial charge in [0.1, 0.15) is 5.69 Å². The average Bonchev–Trinajstić information content (AvgIpc) is 3.21. The van der Waals surface area contributed by atoms with E-state index in [9.17, 15) is 9.90 Å². The number of carboxylic acid groups (broad SMARTS) is 1. The second kappa shape index (κ2) is 9.29. The number of carboxylic acids is 1. The smallest absolute Gasteiger partial charge is 0.335 e. The Morgan fingerprint density at radius 1 is 0.939 bits per heavy atom. The molecule has 0 fully saturated rings. The van der Waals surface area contributed by atoms with Crippen LogP contribution in [0.1, 0.15) is 65.7 Å². The Morgan fingerprint density at radius 2 is 1.55 bits per heavy atom. The lowest BCUT2D eigenvalue weighted by Crippen LogP contribution is -2.51. The Kier molecular flexibility index (Phi) is 7.03. The van der Waals surface area contributed by atoms with E-state index >= 15 is 0 Å². The van der Waals surface area contributed by atoms with Crippen molar-refractivity contribution in [3.63, 3.8) is 0 Å². The van der Waals surface area contributed by atoms with Crippen LogP contribution in [0.2, 0.25) is 16.6 Å². The second-order valence-corrected chi connectivity index (χ2v) is 16.0. The van der Waals surface area contributed by atoms with Crippen molar-refractivity contribution in [1.29, 1.82) is 0 Å². The van der Waals surface area contributed by atoms with Crippen molar-refractivity contribution in [2.24, 2.45) is 0 Å². The van der Waals surface area contributed by atoms with Gasteiger partial charge in [-0.25, -0.2) is 14.8 Å². The number of benzene rings is 1. The van der Waals surface area contributed by atoms with Gasteiger partial charge in [0, 0.05) is 24.8 Å². The highest BCUT2D eigenvalue weighted by molar-refractivity contribution is 6.82. The molecule has 2 aromatic heterocycles. The van der Waals surface area contributed by atoms with Crippen molar-refractivity contribution in [3.05, 3.63) is 42.2 Å². The summed E-state index contributed by atoms with van der Waals surface area (Å²) in [5.41, 5.74) is 5.16. The lowest BCUT2D eigenvalue weighted by Gasteiger charge is -2.44. The Balaban J connectivity index is 2.25. The van der Waals surface area contributed by atoms with Crippen molar-refractivity contribution in [1.82, 2.24) is 14.2 Å². The van der Waals surface area contributed by atoms with E-state index in [1.165, 1.54) is 0 Å². The van der Waals surface area contributed by atoms with Crippen molar-refractivity contribution in [3.8, 4) is 11.3 Å². The molecule has 0 bridgehead atoms. The van der Waals surface area contributed by atoms with Crippen molar-refractivity contribution >= 4 is 31.1 Å². The fraction of sp³-hybridized carbons (Fsp3) is 0.500. The van der Waals surface area contributed by atoms with Crippen LogP contribution < -0.4 is 4.90 Å². The first-order valence-corrected chi connectivity index (χ1v) is 14.1. The fourth-order valence-electron chi connectivity index (χ4n) is 5.53. The van der Waals surface area contributed by atoms with Crippen molar-refractivity contribution in [2.75, 3.05) is 11.9 Å². The van der Waals surface area contributed by atoms with E-state index < -0.39 is 14.2 Å². The highest BCUT2D eigenvalue weighted by Gasteiger charge is 2.45. The number of carbonyl (C=O) groups is 1. The van der Waals surface area contributed by atoms with Crippen molar-refractivity contribution < 1.29 is 9.90 Å². The van der Waals surface area contributed by atoms with Gasteiger partial charge in [0.25, 0.3) is 0 Å². The van der Waals surface area contributed by atoms with Gasteiger partial charge in [-0.1, -0.05) is 41.5 Å². The maximum Gasteiger partial charge on any atom is 0.335 e. The molecule has 0 spiro atoms. The van der Waals surface area contributed by atoms with Gasteiger partial charge >= 0.3 is 5.97 Å². The lowest BCUT2D eigenvalue weighted by molar-refractivity contribution is 0.0697. The molecule has 6 nitrogen and oxygen atoms in total. The Hall–Kier alpha value is -2.67. The van der Waals surface area contributed by atoms with E-state index in [2.05, 4.69) is 83.0 Å². The molecular formula is C26H38N4O2Si. The highest BCUT2D eigenvalue weighted by atomic mass is 28.3. The molecule has 0 amide bonds. The molecule has 2 heterocycles. The molecule has 0 saturated carbocycles. The van der Waals surface area contributed by atoms with Crippen LogP contribution in [0.25, 0.3) is 22.3 Å². The van der Waals surface area contributed by atoms with Gasteiger partial charge in [0.05, 0.1) is 16.6 Å². The molecule has 3 aromatic rings. The van der Waals surface area contributed by atoms with Gasteiger partial charge in [-0.15, -0.1) is 0 Å². The van der Waals surface area contributed by atoms with Crippen molar-refractivity contribution in [2.45, 2.75) is 78.1 Å². The third-order valence-electron chi connectivity index (χ3n) is 7.19. The van der Waals surface area contributed by atoms with Crippen LogP contribution in [0.3, 0.4) is 0 Å². The summed E-state index contributed by atoms with van der Waals surface area (Å²) in [6.07, 6.45) is 4.51. The number of fused-ring (bicyclic) bond motifs is 1. The summed E-state index contributed by atoms with van der Waals surface area (Å²) in [7, 11) is 0.145. The Morgan fingerprint density at radius 3 is 2.06 bits per heavy atom. The van der Waals surface area contributed by atoms with Crippen LogP contribution >= 0.6 is 0 Å². The first kappa shape index (κ1) is 25.0. The van der Waals surface area contributed by atoms with E-state index in [4.69, 9.17) is 9.97 Å². The fourth-order valence-corrected chi connectivity index (χ4v) is 12.0. The van der Waals surface area contributed by atoms with Crippen LogP contribution in [-0.4, -0.2) is 46.6 Å². The number of hydrogen-bond donors (Lipinski definition) is 1. The zero-order chi connectivity index (χ0) is 24.7. The molecule has 0 aliphatic rings. The molecular weight excluding hydrogens is 428 g/mol. The number of rotatable bonds is 8. The maximum absolute atomic E-state index is 11.5. The van der Waals surface area contributed by atoms with Gasteiger partial charge in [0.2, 0.25) is 0 Å². The zero-order valence-corrected chi connectivity index (χ0v) is 22.4. The molecule has 0 unspecified atom stereocenters. The number of hydrogen-bond acceptors (Lipinski definition) is 4. The number of aromatic carboxylic acids is 1. The van der Waals surface area contributed by atoms with Crippen LogP contribution in [0.15, 0.2) is 36.7 Å². The minimum Gasteiger partial charge on any atom is -0.478 e. The van der Waals surface area contributed by atoms with Crippen LogP contribution in [0, 0.1) is 0 Å². The minimum absolute atomic E-state index is 0.218. The predicted molar refractivity (Wildman–Crippen MR) is 140 cm³/mol. The zero-order valence-electron chi connectivity index (χ0n) is 21.4. The summed E-state index contributed by atoms with van der Waals surface area (Å²) in [5, 5.41) is 9.40. The molecule has 178 valence electrons. The standard InChI is InChI=1S/C26H38N4O2Si/c1-16(2)29(9)25-24(27-22-11-10-20(26(31)32)14-23(22)28-25)21-12-13-30(15-21)33(17(3)4,18(5)6)19(7)8/h10-19H,1-9H3,(H,31,32). The lowest BCUT2D eigenvalue weighted by atomic mass is 10.1. The Labute approximate surface area is 198 Å². The monoisotopic (exact) mass is 466 g/mol. The molecule has 1 aromatic carbocycles. The third kappa shape index (κ3) is 4.30. The summed E-state index contributed by atoms with van der Waals surface area (Å²) in [6.45, 7) is 18.4. The van der Waals surface area contributed by atoms with E-state index in [1.807, 2.05) is 7.05 Å². The quantitative estimate of drug-likeness (QED) is 0.376. The van der Waals surface area contributed by atoms with E-state index in [1.54, 1.807) is 18.2 Å². The Bertz CT molecular complexity index is 1130. The third-order valence-corrected chi connectivity index (χ3v) is 13.9. The van der Waals surface area contributed by atoms with E-state index in [0.29, 0.717) is 27.7 Å². The first-order valence-electron chi connectivity index (χ1n) is 11.9. The molecule has 7 heteroatoms. The summed E-state index contributed by atoms with van der Waals surface area (Å²) < 4.78 is 2.51. The second-order valence-electron chi connectivity index (χ2n) is 10.3. The average molecular weight is 467 g/mol. The van der Waals surface area contributed by atoms with Gasteiger partial charge in [-0.3, -0.25) is 0 Å². The summed E-state index contributed by atoms with van der Waals surface area (Å²) in [4.78, 5) is 23.4. The summed E-state index contributed by atoms with van der Waals surface area (Å²) >= 11 is 0. The minimum atomic E-state index is -1.87. The molecule has 33 heavy (non-hydrogen) atoms. The van der Waals surface area contributed by atoms with Crippen LogP contribution in [-0.2, 0) is 0 Å². The summed E-state index contributed by atoms with van der Waals surface area (Å²) in [6, 6.07) is 7.32. The van der Waals surface area contributed by atoms with Gasteiger partial charge in [-0.05, 0) is 60.9 Å². The van der Waals surface area contributed by atoms with E-state index in [-0.39, 0.29) is 11.6 Å². The van der Waals surface area contributed by atoms with Gasteiger partial charge in [0.15, 0.2) is 14.1 Å². The number of anilines is 1. The molecule has 0 radical (unpaired) electrons. The predicted octanol–water partition coefficient (Wildman–Crippen LogP) is 6.66. The highest BCUT2D eigenvalue weighted by Crippen LogP contribution is 2.43. The number of aromatic nitrogens is 3.